The van der Waals surface area contributed by atoms with Crippen LogP contribution in [0.4, 0.5) is 4.79 Å². The summed E-state index contributed by atoms with van der Waals surface area (Å²) in [5.74, 6) is -1.07. The number of hydrogen-bond acceptors (Lipinski definition) is 3. The first-order valence-electron chi connectivity index (χ1n) is 4.06. The molecule has 0 saturated carbocycles. The molecule has 1 rings (SSSR count). The second-order valence-corrected chi connectivity index (χ2v) is 2.72. The van der Waals surface area contributed by atoms with Crippen molar-refractivity contribution in [2.45, 2.75) is 19.1 Å². The highest BCUT2D eigenvalue weighted by atomic mass is 16.5. The molecule has 6 heteroatoms. The van der Waals surface area contributed by atoms with E-state index < -0.39 is 12.0 Å². The summed E-state index contributed by atoms with van der Waals surface area (Å²) in [6.45, 7) is 0.266. The number of urea groups is 1. The van der Waals surface area contributed by atoms with Gasteiger partial charge in [-0.1, -0.05) is 0 Å². The van der Waals surface area contributed by atoms with E-state index in [1.165, 1.54) is 0 Å². The number of carbonyl (C=O) groups is 2. The quantitative estimate of drug-likeness (QED) is 0.557. The molecule has 3 N–H and O–H groups in total. The molecule has 2 amide bonds. The zero-order chi connectivity index (χ0) is 9.68. The molecule has 74 valence electrons. The van der Waals surface area contributed by atoms with Crippen molar-refractivity contribution in [3.05, 3.63) is 0 Å². The Labute approximate surface area is 75.3 Å². The van der Waals surface area contributed by atoms with E-state index in [1.807, 2.05) is 0 Å². The number of carboxylic acids is 1. The third-order valence-corrected chi connectivity index (χ3v) is 1.62. The molecule has 1 saturated heterocycles. The molecule has 0 aromatic rings. The Morgan fingerprint density at radius 1 is 1.54 bits per heavy atom. The van der Waals surface area contributed by atoms with Gasteiger partial charge in [-0.3, -0.25) is 4.79 Å². The molecule has 1 heterocycles. The van der Waals surface area contributed by atoms with E-state index in [1.54, 1.807) is 0 Å². The van der Waals surface area contributed by atoms with Gasteiger partial charge >= 0.3 is 12.0 Å². The first-order chi connectivity index (χ1) is 6.18. The van der Waals surface area contributed by atoms with E-state index in [0.717, 1.165) is 12.8 Å². The summed E-state index contributed by atoms with van der Waals surface area (Å²) in [5, 5.41) is 12.9. The molecule has 1 aliphatic rings. The van der Waals surface area contributed by atoms with Crippen LogP contribution in [0.25, 0.3) is 0 Å². The highest BCUT2D eigenvalue weighted by Gasteiger charge is 2.17. The predicted octanol–water partition coefficient (Wildman–Crippen LogP) is -0.493. The van der Waals surface area contributed by atoms with Crippen molar-refractivity contribution >= 4 is 12.0 Å². The van der Waals surface area contributed by atoms with Gasteiger partial charge in [0.15, 0.2) is 0 Å². The maximum Gasteiger partial charge on any atom is 0.323 e. The Balaban J connectivity index is 2.13. The van der Waals surface area contributed by atoms with Crippen LogP contribution in [0, 0.1) is 0 Å². The van der Waals surface area contributed by atoms with Crippen molar-refractivity contribution in [3.63, 3.8) is 0 Å². The molecule has 1 fully saturated rings. The molecule has 1 aliphatic heterocycles. The molecule has 0 spiro atoms. The number of hydrogen-bond donors (Lipinski definition) is 3. The summed E-state index contributed by atoms with van der Waals surface area (Å²) in [6.07, 6.45) is 1.43. The summed E-state index contributed by atoms with van der Waals surface area (Å²) in [7, 11) is 0. The minimum Gasteiger partial charge on any atom is -0.480 e. The van der Waals surface area contributed by atoms with Crippen LogP contribution in [0.3, 0.4) is 0 Å². The van der Waals surface area contributed by atoms with Crippen molar-refractivity contribution in [1.82, 2.24) is 10.6 Å². The fourth-order valence-corrected chi connectivity index (χ4v) is 1.04. The molecule has 1 atom stereocenters. The Morgan fingerprint density at radius 2 is 2.31 bits per heavy atom. The van der Waals surface area contributed by atoms with E-state index in [4.69, 9.17) is 9.84 Å². The van der Waals surface area contributed by atoms with Gasteiger partial charge in [-0.2, -0.15) is 0 Å². The predicted molar refractivity (Wildman–Crippen MR) is 43.1 cm³/mol. The molecule has 0 bridgehead atoms. The highest BCUT2D eigenvalue weighted by Crippen LogP contribution is 2.08. The molecule has 0 radical (unpaired) electrons. The number of aliphatic carboxylic acids is 1. The van der Waals surface area contributed by atoms with Crippen molar-refractivity contribution in [1.29, 1.82) is 0 Å². The number of carbonyl (C=O) groups excluding carboxylic acids is 1. The van der Waals surface area contributed by atoms with Gasteiger partial charge in [0, 0.05) is 6.61 Å². The number of rotatable bonds is 3. The second kappa shape index (κ2) is 4.66. The third kappa shape index (κ3) is 3.75. The van der Waals surface area contributed by atoms with Crippen LogP contribution >= 0.6 is 0 Å². The van der Waals surface area contributed by atoms with Crippen LogP contribution < -0.4 is 10.6 Å². The van der Waals surface area contributed by atoms with E-state index >= 15 is 0 Å². The van der Waals surface area contributed by atoms with Crippen LogP contribution in [0.2, 0.25) is 0 Å². The molecule has 13 heavy (non-hydrogen) atoms. The zero-order valence-corrected chi connectivity index (χ0v) is 7.08. The summed E-state index contributed by atoms with van der Waals surface area (Å²) in [4.78, 5) is 21.0. The van der Waals surface area contributed by atoms with Crippen LogP contribution in [-0.2, 0) is 9.53 Å². The van der Waals surface area contributed by atoms with Gasteiger partial charge in [-0.15, -0.1) is 0 Å². The minimum atomic E-state index is -1.07. The summed E-state index contributed by atoms with van der Waals surface area (Å²) in [6, 6.07) is -0.505. The highest BCUT2D eigenvalue weighted by molar-refractivity contribution is 5.79. The lowest BCUT2D eigenvalue weighted by atomic mass is 10.3. The Kier molecular flexibility index (Phi) is 3.51. The molecule has 0 aromatic heterocycles. The smallest absolute Gasteiger partial charge is 0.323 e. The Morgan fingerprint density at radius 3 is 2.85 bits per heavy atom. The standard InChI is InChI=1S/C7H12N2O4/c10-6(11)4-8-7(12)9-5-2-1-3-13-5/h5H,1-4H2,(H,10,11)(H2,8,9,12). The number of nitrogens with one attached hydrogen (secondary N) is 2. The SMILES string of the molecule is O=C(O)CNC(=O)NC1CCCO1. The number of ether oxygens (including phenoxy) is 1. The number of amides is 2. The largest absolute Gasteiger partial charge is 0.480 e. The van der Waals surface area contributed by atoms with Gasteiger partial charge in [0.2, 0.25) is 0 Å². The first-order valence-corrected chi connectivity index (χ1v) is 4.06. The van der Waals surface area contributed by atoms with E-state index in [9.17, 15) is 9.59 Å². The van der Waals surface area contributed by atoms with Crippen LogP contribution in [0.15, 0.2) is 0 Å². The normalized spacial score (nSPS) is 21.1. The van der Waals surface area contributed by atoms with Crippen LogP contribution in [-0.4, -0.2) is 36.5 Å². The summed E-state index contributed by atoms with van der Waals surface area (Å²) < 4.78 is 5.11. The van der Waals surface area contributed by atoms with Crippen LogP contribution in [0.5, 0.6) is 0 Å². The Hall–Kier alpha value is -1.30. The maximum absolute atomic E-state index is 10.9. The summed E-state index contributed by atoms with van der Waals surface area (Å²) >= 11 is 0. The molecular weight excluding hydrogens is 176 g/mol. The van der Waals surface area contributed by atoms with Gasteiger partial charge in [-0.05, 0) is 12.8 Å². The fraction of sp³-hybridized carbons (Fsp3) is 0.714. The lowest BCUT2D eigenvalue weighted by Gasteiger charge is -2.11. The molecule has 1 unspecified atom stereocenters. The van der Waals surface area contributed by atoms with Gasteiger partial charge in [0.1, 0.15) is 12.8 Å². The molecular formula is C7H12N2O4. The van der Waals surface area contributed by atoms with Gasteiger partial charge < -0.3 is 20.5 Å². The monoisotopic (exact) mass is 188 g/mol. The zero-order valence-electron chi connectivity index (χ0n) is 7.08. The van der Waals surface area contributed by atoms with Crippen molar-refractivity contribution in [3.8, 4) is 0 Å². The average Bonchev–Trinajstić information content (AvgIpc) is 2.53. The lowest BCUT2D eigenvalue weighted by molar-refractivity contribution is -0.135. The maximum atomic E-state index is 10.9. The topological polar surface area (TPSA) is 87.7 Å². The first kappa shape index (κ1) is 9.79. The van der Waals surface area contributed by atoms with E-state index in [2.05, 4.69) is 10.6 Å². The van der Waals surface area contributed by atoms with Crippen molar-refractivity contribution in [2.75, 3.05) is 13.2 Å². The number of carboxylic acid groups (broad SMARTS) is 1. The van der Waals surface area contributed by atoms with Gasteiger partial charge in [0.05, 0.1) is 0 Å². The third-order valence-electron chi connectivity index (χ3n) is 1.62. The van der Waals surface area contributed by atoms with Crippen LogP contribution in [0.1, 0.15) is 12.8 Å². The Bertz CT molecular complexity index is 201. The lowest BCUT2D eigenvalue weighted by Crippen LogP contribution is -2.43. The van der Waals surface area contributed by atoms with Crippen molar-refractivity contribution < 1.29 is 19.4 Å². The van der Waals surface area contributed by atoms with E-state index in [0.29, 0.717) is 6.61 Å². The summed E-state index contributed by atoms with van der Waals surface area (Å²) in [5.41, 5.74) is 0. The minimum absolute atomic E-state index is 0.270. The van der Waals surface area contributed by atoms with Gasteiger partial charge in [-0.25, -0.2) is 4.79 Å². The fourth-order valence-electron chi connectivity index (χ4n) is 1.04. The van der Waals surface area contributed by atoms with Crippen molar-refractivity contribution in [2.24, 2.45) is 0 Å². The average molecular weight is 188 g/mol. The van der Waals surface area contributed by atoms with E-state index in [-0.39, 0.29) is 12.8 Å². The molecule has 6 nitrogen and oxygen atoms in total. The second-order valence-electron chi connectivity index (χ2n) is 2.72. The molecule has 0 aliphatic carbocycles. The van der Waals surface area contributed by atoms with Gasteiger partial charge in [0.25, 0.3) is 0 Å². The molecule has 0 aromatic carbocycles.